The average Bonchev–Trinajstić information content (AvgIpc) is 3.62. The number of furan rings is 1. The van der Waals surface area contributed by atoms with Crippen LogP contribution in [0.2, 0.25) is 0 Å². The molecule has 2 atom stereocenters. The van der Waals surface area contributed by atoms with Gasteiger partial charge >= 0.3 is 0 Å². The van der Waals surface area contributed by atoms with Crippen molar-refractivity contribution in [3.05, 3.63) is 59.5 Å². The molecule has 2 aliphatic rings. The molecule has 4 rings (SSSR count). The van der Waals surface area contributed by atoms with E-state index in [1.54, 1.807) is 17.0 Å². The monoisotopic (exact) mass is 495 g/mol. The van der Waals surface area contributed by atoms with E-state index in [1.165, 1.54) is 12.7 Å². The van der Waals surface area contributed by atoms with Crippen molar-refractivity contribution in [3.63, 3.8) is 0 Å². The third kappa shape index (κ3) is 6.75. The van der Waals surface area contributed by atoms with Gasteiger partial charge in [0.2, 0.25) is 11.8 Å². The zero-order chi connectivity index (χ0) is 25.3. The van der Waals surface area contributed by atoms with Gasteiger partial charge in [-0.1, -0.05) is 50.5 Å². The molecule has 2 aromatic rings. The summed E-state index contributed by atoms with van der Waals surface area (Å²) in [6.45, 7) is 2.77. The van der Waals surface area contributed by atoms with E-state index < -0.39 is 11.9 Å². The van der Waals surface area contributed by atoms with E-state index in [-0.39, 0.29) is 42.8 Å². The lowest BCUT2D eigenvalue weighted by Gasteiger charge is -2.34. The first kappa shape index (κ1) is 25.9. The second kappa shape index (κ2) is 12.7. The second-order valence-corrected chi connectivity index (χ2v) is 9.68. The molecule has 2 fully saturated rings. The summed E-state index contributed by atoms with van der Waals surface area (Å²) in [7, 11) is 0. The zero-order valence-electron chi connectivity index (χ0n) is 21.0. The summed E-state index contributed by atoms with van der Waals surface area (Å²) in [4.78, 5) is 41.3. The Morgan fingerprint density at radius 2 is 1.81 bits per heavy atom. The minimum atomic E-state index is -0.810. The van der Waals surface area contributed by atoms with Crippen LogP contribution in [0.25, 0.3) is 0 Å². The Kier molecular flexibility index (Phi) is 9.17. The molecular formula is C28H37N3O5. The molecule has 2 unspecified atom stereocenters. The molecule has 2 N–H and O–H groups in total. The highest BCUT2D eigenvalue weighted by Gasteiger charge is 2.35. The summed E-state index contributed by atoms with van der Waals surface area (Å²) in [6, 6.07) is 10.3. The molecule has 1 saturated heterocycles. The first-order valence-electron chi connectivity index (χ1n) is 13.2. The number of benzene rings is 1. The maximum atomic E-state index is 13.8. The van der Waals surface area contributed by atoms with Gasteiger partial charge in [-0.25, -0.2) is 0 Å². The summed E-state index contributed by atoms with van der Waals surface area (Å²) in [6.07, 6.45) is 9.18. The van der Waals surface area contributed by atoms with Crippen LogP contribution in [0.4, 0.5) is 0 Å². The number of nitrogens with zero attached hydrogens (tertiary/aromatic N) is 1. The van der Waals surface area contributed by atoms with Gasteiger partial charge in [0.25, 0.3) is 5.91 Å². The fourth-order valence-corrected chi connectivity index (χ4v) is 5.05. The smallest absolute Gasteiger partial charge is 0.287 e. The summed E-state index contributed by atoms with van der Waals surface area (Å²) in [5, 5.41) is 5.86. The van der Waals surface area contributed by atoms with Gasteiger partial charge in [-0.15, -0.1) is 0 Å². The molecule has 1 aromatic carbocycles. The Morgan fingerprint density at radius 3 is 2.44 bits per heavy atom. The summed E-state index contributed by atoms with van der Waals surface area (Å²) < 4.78 is 11.0. The van der Waals surface area contributed by atoms with Crippen molar-refractivity contribution >= 4 is 17.7 Å². The highest BCUT2D eigenvalue weighted by atomic mass is 16.5. The molecule has 0 radical (unpaired) electrons. The first-order valence-corrected chi connectivity index (χ1v) is 13.2. The molecule has 1 aromatic heterocycles. The molecule has 1 aliphatic carbocycles. The normalized spacial score (nSPS) is 19.0. The number of aryl methyl sites for hydroxylation is 1. The molecule has 194 valence electrons. The minimum absolute atomic E-state index is 0.113. The molecule has 0 bridgehead atoms. The van der Waals surface area contributed by atoms with E-state index in [9.17, 15) is 14.4 Å². The first-order chi connectivity index (χ1) is 17.5. The number of carbonyl (C=O) groups excluding carboxylic acids is 3. The van der Waals surface area contributed by atoms with Gasteiger partial charge < -0.3 is 24.7 Å². The Bertz CT molecular complexity index is 993. The molecule has 36 heavy (non-hydrogen) atoms. The predicted molar refractivity (Wildman–Crippen MR) is 135 cm³/mol. The van der Waals surface area contributed by atoms with Crippen molar-refractivity contribution in [1.29, 1.82) is 0 Å². The Labute approximate surface area is 212 Å². The highest BCUT2D eigenvalue weighted by Crippen LogP contribution is 2.27. The van der Waals surface area contributed by atoms with Gasteiger partial charge in [-0.3, -0.25) is 14.4 Å². The molecule has 1 aliphatic heterocycles. The van der Waals surface area contributed by atoms with E-state index in [0.29, 0.717) is 6.61 Å². The van der Waals surface area contributed by atoms with E-state index in [4.69, 9.17) is 9.15 Å². The van der Waals surface area contributed by atoms with Crippen LogP contribution >= 0.6 is 0 Å². The summed E-state index contributed by atoms with van der Waals surface area (Å²) in [5.74, 6) is -0.861. The summed E-state index contributed by atoms with van der Waals surface area (Å²) in [5.41, 5.74) is 1.91. The van der Waals surface area contributed by atoms with Crippen molar-refractivity contribution < 1.29 is 23.5 Å². The zero-order valence-corrected chi connectivity index (χ0v) is 21.0. The van der Waals surface area contributed by atoms with Gasteiger partial charge in [0.05, 0.1) is 18.9 Å². The van der Waals surface area contributed by atoms with Gasteiger partial charge in [0, 0.05) is 19.2 Å². The van der Waals surface area contributed by atoms with Crippen LogP contribution in [0, 0.1) is 0 Å². The predicted octanol–water partition coefficient (Wildman–Crippen LogP) is 3.77. The van der Waals surface area contributed by atoms with Crippen LogP contribution < -0.4 is 10.6 Å². The number of hydrogen-bond acceptors (Lipinski definition) is 5. The largest absolute Gasteiger partial charge is 0.459 e. The topological polar surface area (TPSA) is 101 Å². The number of hydrogen-bond donors (Lipinski definition) is 2. The van der Waals surface area contributed by atoms with Crippen molar-refractivity contribution in [2.24, 2.45) is 0 Å². The fraction of sp³-hybridized carbons (Fsp3) is 0.536. The quantitative estimate of drug-likeness (QED) is 0.523. The Hall–Kier alpha value is -3.13. The van der Waals surface area contributed by atoms with Gasteiger partial charge in [0.15, 0.2) is 5.76 Å². The second-order valence-electron chi connectivity index (χ2n) is 9.68. The number of carbonyl (C=O) groups is 3. The van der Waals surface area contributed by atoms with Crippen LogP contribution in [-0.4, -0.2) is 54.5 Å². The molecule has 3 amide bonds. The molecule has 2 heterocycles. The fourth-order valence-electron chi connectivity index (χ4n) is 5.05. The van der Waals surface area contributed by atoms with Crippen molar-refractivity contribution in [1.82, 2.24) is 15.5 Å². The van der Waals surface area contributed by atoms with E-state index in [2.05, 4.69) is 17.6 Å². The van der Waals surface area contributed by atoms with Crippen molar-refractivity contribution in [2.45, 2.75) is 76.5 Å². The summed E-state index contributed by atoms with van der Waals surface area (Å²) >= 11 is 0. The van der Waals surface area contributed by atoms with Crippen LogP contribution in [0.3, 0.4) is 0 Å². The average molecular weight is 496 g/mol. The van der Waals surface area contributed by atoms with Crippen LogP contribution in [-0.2, 0) is 20.7 Å². The Morgan fingerprint density at radius 1 is 1.03 bits per heavy atom. The number of amides is 3. The maximum absolute atomic E-state index is 13.8. The third-order valence-electron chi connectivity index (χ3n) is 7.11. The SMILES string of the molecule is CCc1ccc(C(C(=O)NC2CCCCC2)N(CC2CCCO2)C(=O)CNC(=O)c2ccco2)cc1. The van der Waals surface area contributed by atoms with E-state index in [1.807, 2.05) is 24.3 Å². The van der Waals surface area contributed by atoms with E-state index >= 15 is 0 Å². The van der Waals surface area contributed by atoms with Crippen LogP contribution in [0.15, 0.2) is 47.1 Å². The maximum Gasteiger partial charge on any atom is 0.287 e. The lowest BCUT2D eigenvalue weighted by molar-refractivity contribution is -0.142. The van der Waals surface area contributed by atoms with Gasteiger partial charge in [0.1, 0.15) is 6.04 Å². The lowest BCUT2D eigenvalue weighted by Crippen LogP contribution is -2.51. The third-order valence-corrected chi connectivity index (χ3v) is 7.11. The van der Waals surface area contributed by atoms with Gasteiger partial charge in [-0.05, 0) is 55.4 Å². The number of ether oxygens (including phenoxy) is 1. The van der Waals surface area contributed by atoms with Crippen LogP contribution in [0.5, 0.6) is 0 Å². The van der Waals surface area contributed by atoms with E-state index in [0.717, 1.165) is 56.1 Å². The molecule has 8 heteroatoms. The molecular weight excluding hydrogens is 458 g/mol. The van der Waals surface area contributed by atoms with Crippen molar-refractivity contribution in [3.8, 4) is 0 Å². The number of rotatable bonds is 10. The Balaban J connectivity index is 1.58. The lowest BCUT2D eigenvalue weighted by atomic mass is 9.94. The molecule has 1 saturated carbocycles. The van der Waals surface area contributed by atoms with Crippen molar-refractivity contribution in [2.75, 3.05) is 19.7 Å². The molecule has 0 spiro atoms. The number of nitrogens with one attached hydrogen (secondary N) is 2. The molecule has 8 nitrogen and oxygen atoms in total. The highest BCUT2D eigenvalue weighted by molar-refractivity contribution is 5.95. The standard InChI is InChI=1S/C28H37N3O5/c1-2-20-12-14-21(15-13-20)26(28(34)30-22-8-4-3-5-9-22)31(19-23-10-6-16-35-23)25(32)18-29-27(33)24-11-7-17-36-24/h7,11-15,17,22-23,26H,2-6,8-10,16,18-19H2,1H3,(H,29,33)(H,30,34). The van der Waals surface area contributed by atoms with Crippen LogP contribution in [0.1, 0.15) is 79.6 Å². The minimum Gasteiger partial charge on any atom is -0.459 e. The van der Waals surface area contributed by atoms with Gasteiger partial charge in [-0.2, -0.15) is 0 Å².